The summed E-state index contributed by atoms with van der Waals surface area (Å²) >= 11 is 0. The van der Waals surface area contributed by atoms with Gasteiger partial charge in [-0.3, -0.25) is 9.36 Å². The lowest BCUT2D eigenvalue weighted by Gasteiger charge is -2.36. The number of carbonyl (C=O) groups is 1. The van der Waals surface area contributed by atoms with Gasteiger partial charge in [0, 0.05) is 30.3 Å². The summed E-state index contributed by atoms with van der Waals surface area (Å²) in [4.78, 5) is 28.9. The van der Waals surface area contributed by atoms with E-state index in [1.807, 2.05) is 27.7 Å². The molecule has 0 radical (unpaired) electrons. The molecule has 37 heavy (non-hydrogen) atoms. The molecule has 0 spiro atoms. The summed E-state index contributed by atoms with van der Waals surface area (Å²) in [5.74, 6) is -0.253. The molecule has 1 amide bonds. The summed E-state index contributed by atoms with van der Waals surface area (Å²) in [6.45, 7) is 8.44. The highest BCUT2D eigenvalue weighted by Gasteiger charge is 2.37. The Balaban J connectivity index is 1.63. The number of aliphatic hydroxyl groups is 1. The van der Waals surface area contributed by atoms with Gasteiger partial charge < -0.3 is 24.2 Å². The molecular weight excluding hydrogens is 497 g/mol. The lowest BCUT2D eigenvalue weighted by atomic mass is 10.2. The number of anilines is 1. The standard InChI is InChI=1S/C25H34N5O6P/c1-17(2)30(18(3)4)37(34-14-8-12-26)35-16-21-20(31)15-23(36-21)29-13-11-22(28-25(29)33)27-24(32)19-9-6-5-7-10-19/h5-7,9-11,13,17-18,20-21,23,31H,8,14-16H2,1-4H3,(H,27,28,32,33)/t20-,21+,23+,37?/m0/s1. The second-order valence-electron chi connectivity index (χ2n) is 9.10. The number of hydrogen-bond donors (Lipinski definition) is 2. The minimum absolute atomic E-state index is 0.0548. The van der Waals surface area contributed by atoms with E-state index in [0.29, 0.717) is 5.56 Å². The molecule has 1 aromatic carbocycles. The molecule has 200 valence electrons. The lowest BCUT2D eigenvalue weighted by Crippen LogP contribution is -2.35. The fourth-order valence-electron chi connectivity index (χ4n) is 3.97. The maximum Gasteiger partial charge on any atom is 0.351 e. The molecule has 2 N–H and O–H groups in total. The third-order valence-corrected chi connectivity index (χ3v) is 7.71. The molecule has 1 aliphatic heterocycles. The summed E-state index contributed by atoms with van der Waals surface area (Å²) in [7, 11) is -1.49. The Morgan fingerprint density at radius 2 is 1.97 bits per heavy atom. The van der Waals surface area contributed by atoms with Crippen molar-refractivity contribution in [1.82, 2.24) is 14.2 Å². The molecule has 0 saturated carbocycles. The number of aliphatic hydroxyl groups excluding tert-OH is 1. The Bertz CT molecular complexity index is 1110. The number of rotatable bonds is 12. The highest BCUT2D eigenvalue weighted by molar-refractivity contribution is 7.44. The molecule has 2 aromatic rings. The van der Waals surface area contributed by atoms with Gasteiger partial charge in [0.1, 0.15) is 18.1 Å². The van der Waals surface area contributed by atoms with E-state index in [2.05, 4.69) is 21.0 Å². The van der Waals surface area contributed by atoms with E-state index in [1.165, 1.54) is 16.8 Å². The van der Waals surface area contributed by atoms with E-state index in [0.717, 1.165) is 0 Å². The van der Waals surface area contributed by atoms with Gasteiger partial charge in [0.25, 0.3) is 14.4 Å². The molecule has 11 nitrogen and oxygen atoms in total. The van der Waals surface area contributed by atoms with E-state index < -0.39 is 32.7 Å². The molecule has 0 aliphatic carbocycles. The zero-order valence-electron chi connectivity index (χ0n) is 21.5. The Morgan fingerprint density at radius 3 is 2.59 bits per heavy atom. The molecular formula is C25H34N5O6P. The van der Waals surface area contributed by atoms with E-state index in [4.69, 9.17) is 19.0 Å². The van der Waals surface area contributed by atoms with Crippen LogP contribution in [0.3, 0.4) is 0 Å². The van der Waals surface area contributed by atoms with Crippen molar-refractivity contribution >= 4 is 20.3 Å². The Labute approximate surface area is 217 Å². The van der Waals surface area contributed by atoms with Gasteiger partial charge in [0.2, 0.25) is 0 Å². The van der Waals surface area contributed by atoms with Gasteiger partial charge in [-0.05, 0) is 45.9 Å². The van der Waals surface area contributed by atoms with Crippen molar-refractivity contribution in [2.45, 2.75) is 71.1 Å². The Hall–Kier alpha value is -2.71. The van der Waals surface area contributed by atoms with Gasteiger partial charge in [-0.15, -0.1) is 0 Å². The largest absolute Gasteiger partial charge is 0.390 e. The fourth-order valence-corrected chi connectivity index (χ4v) is 5.58. The summed E-state index contributed by atoms with van der Waals surface area (Å²) in [6.07, 6.45) is -0.379. The lowest BCUT2D eigenvalue weighted by molar-refractivity contribution is -0.0432. The third-order valence-electron chi connectivity index (χ3n) is 5.63. The smallest absolute Gasteiger partial charge is 0.351 e. The van der Waals surface area contributed by atoms with Crippen LogP contribution in [0.5, 0.6) is 0 Å². The van der Waals surface area contributed by atoms with Crippen molar-refractivity contribution in [3.05, 3.63) is 58.6 Å². The van der Waals surface area contributed by atoms with Crippen LogP contribution in [0.25, 0.3) is 0 Å². The van der Waals surface area contributed by atoms with Crippen LogP contribution in [-0.2, 0) is 13.8 Å². The van der Waals surface area contributed by atoms with Crippen LogP contribution in [0.1, 0.15) is 57.1 Å². The minimum Gasteiger partial charge on any atom is -0.390 e. The van der Waals surface area contributed by atoms with Gasteiger partial charge in [-0.2, -0.15) is 10.2 Å². The number of nitriles is 1. The van der Waals surface area contributed by atoms with Crippen molar-refractivity contribution in [3.63, 3.8) is 0 Å². The maximum atomic E-state index is 12.7. The SMILES string of the molecule is CC(C)N(C(C)C)P(OCCC#N)OC[C@H]1O[C@@H](n2ccc(NC(=O)c3ccccc3)nc2=O)C[C@@H]1O. The topological polar surface area (TPSA) is 139 Å². The van der Waals surface area contributed by atoms with E-state index in [1.54, 1.807) is 30.3 Å². The van der Waals surface area contributed by atoms with Crippen molar-refractivity contribution in [2.24, 2.45) is 0 Å². The predicted octanol–water partition coefficient (Wildman–Crippen LogP) is 3.44. The molecule has 1 unspecified atom stereocenters. The van der Waals surface area contributed by atoms with Crippen LogP contribution >= 0.6 is 8.53 Å². The summed E-state index contributed by atoms with van der Waals surface area (Å²) in [5.41, 5.74) is -0.166. The second kappa shape index (κ2) is 13.7. The van der Waals surface area contributed by atoms with Gasteiger partial charge in [-0.25, -0.2) is 9.46 Å². The molecule has 2 heterocycles. The summed E-state index contributed by atoms with van der Waals surface area (Å²) in [5, 5.41) is 22.1. The second-order valence-corrected chi connectivity index (χ2v) is 10.6. The van der Waals surface area contributed by atoms with Crippen LogP contribution in [0, 0.1) is 11.3 Å². The zero-order chi connectivity index (χ0) is 26.9. The first-order chi connectivity index (χ1) is 17.7. The van der Waals surface area contributed by atoms with Crippen molar-refractivity contribution < 1.29 is 23.7 Å². The quantitative estimate of drug-likeness (QED) is 0.311. The van der Waals surface area contributed by atoms with E-state index >= 15 is 0 Å². The maximum absolute atomic E-state index is 12.7. The summed E-state index contributed by atoms with van der Waals surface area (Å²) in [6, 6.07) is 12.5. The Kier molecular flexibility index (Phi) is 10.7. The van der Waals surface area contributed by atoms with Gasteiger partial charge >= 0.3 is 5.69 Å². The Morgan fingerprint density at radius 1 is 1.27 bits per heavy atom. The highest BCUT2D eigenvalue weighted by Crippen LogP contribution is 2.46. The first-order valence-corrected chi connectivity index (χ1v) is 13.3. The summed E-state index contributed by atoms with van der Waals surface area (Å²) < 4.78 is 21.3. The van der Waals surface area contributed by atoms with Crippen molar-refractivity contribution in [3.8, 4) is 6.07 Å². The van der Waals surface area contributed by atoms with Crippen LogP contribution in [0.4, 0.5) is 5.82 Å². The number of aromatic nitrogens is 2. The van der Waals surface area contributed by atoms with Gasteiger partial charge in [-0.1, -0.05) is 18.2 Å². The molecule has 1 saturated heterocycles. The molecule has 0 bridgehead atoms. The fraction of sp³-hybridized carbons (Fsp3) is 0.520. The van der Waals surface area contributed by atoms with Crippen LogP contribution in [0.15, 0.2) is 47.4 Å². The zero-order valence-corrected chi connectivity index (χ0v) is 22.4. The number of hydrogen-bond acceptors (Lipinski definition) is 9. The van der Waals surface area contributed by atoms with Crippen LogP contribution < -0.4 is 11.0 Å². The normalized spacial score (nSPS) is 20.4. The number of nitrogens with zero attached hydrogens (tertiary/aromatic N) is 4. The average Bonchev–Trinajstić information content (AvgIpc) is 3.22. The molecule has 3 rings (SSSR count). The first kappa shape index (κ1) is 28.9. The minimum atomic E-state index is -1.49. The number of benzene rings is 1. The van der Waals surface area contributed by atoms with Crippen LogP contribution in [-0.4, -0.2) is 62.7 Å². The van der Waals surface area contributed by atoms with Crippen LogP contribution in [0.2, 0.25) is 0 Å². The van der Waals surface area contributed by atoms with Gasteiger partial charge in [0.15, 0.2) is 0 Å². The molecule has 1 fully saturated rings. The van der Waals surface area contributed by atoms with E-state index in [9.17, 15) is 14.7 Å². The third kappa shape index (κ3) is 7.89. The molecule has 4 atom stereocenters. The average molecular weight is 532 g/mol. The van der Waals surface area contributed by atoms with Gasteiger partial charge in [0.05, 0.1) is 31.8 Å². The molecule has 1 aliphatic rings. The van der Waals surface area contributed by atoms with Crippen molar-refractivity contribution in [2.75, 3.05) is 18.5 Å². The first-order valence-electron chi connectivity index (χ1n) is 12.2. The molecule has 1 aromatic heterocycles. The molecule has 12 heteroatoms. The van der Waals surface area contributed by atoms with E-state index in [-0.39, 0.29) is 49.9 Å². The number of ether oxygens (including phenoxy) is 1. The number of amides is 1. The highest BCUT2D eigenvalue weighted by atomic mass is 31.2. The number of nitrogens with one attached hydrogen (secondary N) is 1. The monoisotopic (exact) mass is 531 g/mol. The number of carbonyl (C=O) groups excluding carboxylic acids is 1. The predicted molar refractivity (Wildman–Crippen MR) is 139 cm³/mol. The van der Waals surface area contributed by atoms with Crippen molar-refractivity contribution in [1.29, 1.82) is 5.26 Å².